The lowest BCUT2D eigenvalue weighted by atomic mass is 10.2. The fourth-order valence-electron chi connectivity index (χ4n) is 1.48. The van der Waals surface area contributed by atoms with Gasteiger partial charge in [0.25, 0.3) is 0 Å². The average molecular weight is 232 g/mol. The lowest BCUT2D eigenvalue weighted by Gasteiger charge is -2.09. The molecule has 0 fully saturated rings. The van der Waals surface area contributed by atoms with Gasteiger partial charge in [-0.25, -0.2) is 4.39 Å². The van der Waals surface area contributed by atoms with E-state index < -0.39 is 0 Å². The number of hydrogen-bond acceptors (Lipinski definition) is 3. The zero-order valence-electron chi connectivity index (χ0n) is 9.27. The molecule has 0 unspecified atom stereocenters. The van der Waals surface area contributed by atoms with Gasteiger partial charge in [-0.3, -0.25) is 4.98 Å². The summed E-state index contributed by atoms with van der Waals surface area (Å²) < 4.78 is 18.9. The van der Waals surface area contributed by atoms with Crippen molar-refractivity contribution in [2.24, 2.45) is 5.73 Å². The summed E-state index contributed by atoms with van der Waals surface area (Å²) in [6.45, 7) is 0.542. The van der Waals surface area contributed by atoms with Crippen molar-refractivity contribution in [1.29, 1.82) is 0 Å². The summed E-state index contributed by atoms with van der Waals surface area (Å²) in [7, 11) is 0. The number of nitrogens with zero attached hydrogens (tertiary/aromatic N) is 1. The van der Waals surface area contributed by atoms with Crippen molar-refractivity contribution in [3.05, 3.63) is 59.7 Å². The largest absolute Gasteiger partial charge is 0.487 e. The van der Waals surface area contributed by atoms with Gasteiger partial charge in [-0.05, 0) is 12.1 Å². The zero-order chi connectivity index (χ0) is 12.1. The second kappa shape index (κ2) is 5.41. The van der Waals surface area contributed by atoms with Crippen LogP contribution in [0, 0.1) is 5.82 Å². The molecular formula is C13H13FN2O. The highest BCUT2D eigenvalue weighted by molar-refractivity contribution is 5.30. The van der Waals surface area contributed by atoms with Gasteiger partial charge in [0.15, 0.2) is 0 Å². The normalized spacial score (nSPS) is 10.2. The van der Waals surface area contributed by atoms with Gasteiger partial charge < -0.3 is 10.5 Å². The fraction of sp³-hybridized carbons (Fsp3) is 0.154. The highest BCUT2D eigenvalue weighted by atomic mass is 19.1. The van der Waals surface area contributed by atoms with E-state index in [0.717, 1.165) is 5.56 Å². The Kier molecular flexibility index (Phi) is 3.67. The molecule has 0 atom stereocenters. The van der Waals surface area contributed by atoms with E-state index in [0.29, 0.717) is 17.9 Å². The second-order valence-corrected chi connectivity index (χ2v) is 3.57. The van der Waals surface area contributed by atoms with Gasteiger partial charge in [0, 0.05) is 23.9 Å². The Balaban J connectivity index is 2.10. The number of ether oxygens (including phenoxy) is 1. The molecule has 2 aromatic rings. The molecule has 0 spiro atoms. The van der Waals surface area contributed by atoms with E-state index in [1.165, 1.54) is 6.07 Å². The van der Waals surface area contributed by atoms with E-state index >= 15 is 0 Å². The third-order valence-corrected chi connectivity index (χ3v) is 2.43. The molecule has 0 amide bonds. The third kappa shape index (κ3) is 2.79. The summed E-state index contributed by atoms with van der Waals surface area (Å²) in [6, 6.07) is 8.30. The summed E-state index contributed by atoms with van der Waals surface area (Å²) >= 11 is 0. The van der Waals surface area contributed by atoms with Gasteiger partial charge in [0.05, 0.1) is 6.20 Å². The van der Waals surface area contributed by atoms with Crippen LogP contribution < -0.4 is 10.5 Å². The minimum absolute atomic E-state index is 0.172. The van der Waals surface area contributed by atoms with Crippen LogP contribution in [0.1, 0.15) is 11.1 Å². The average Bonchev–Trinajstić information content (AvgIpc) is 2.38. The SMILES string of the molecule is NCc1ccncc1OCc1ccccc1F. The minimum Gasteiger partial charge on any atom is -0.487 e. The van der Waals surface area contributed by atoms with Crippen LogP contribution in [0.4, 0.5) is 4.39 Å². The molecule has 0 saturated heterocycles. The van der Waals surface area contributed by atoms with E-state index in [1.54, 1.807) is 36.7 Å². The van der Waals surface area contributed by atoms with Gasteiger partial charge in [0.1, 0.15) is 18.2 Å². The maximum absolute atomic E-state index is 13.4. The van der Waals surface area contributed by atoms with Crippen molar-refractivity contribution in [3.8, 4) is 5.75 Å². The first kappa shape index (κ1) is 11.5. The Morgan fingerprint density at radius 1 is 1.18 bits per heavy atom. The van der Waals surface area contributed by atoms with E-state index in [9.17, 15) is 4.39 Å². The van der Waals surface area contributed by atoms with Crippen LogP contribution in [0.25, 0.3) is 0 Å². The highest BCUT2D eigenvalue weighted by Gasteiger charge is 2.04. The molecule has 88 valence electrons. The summed E-state index contributed by atoms with van der Waals surface area (Å²) in [4.78, 5) is 3.95. The number of pyridine rings is 1. The standard InChI is InChI=1S/C13H13FN2O/c14-12-4-2-1-3-11(12)9-17-13-8-16-6-5-10(13)7-15/h1-6,8H,7,9,15H2. The maximum Gasteiger partial charge on any atom is 0.142 e. The van der Waals surface area contributed by atoms with Crippen molar-refractivity contribution in [2.45, 2.75) is 13.2 Å². The van der Waals surface area contributed by atoms with Gasteiger partial charge in [0.2, 0.25) is 0 Å². The van der Waals surface area contributed by atoms with Crippen LogP contribution in [0.5, 0.6) is 5.75 Å². The smallest absolute Gasteiger partial charge is 0.142 e. The number of halogens is 1. The van der Waals surface area contributed by atoms with Crippen LogP contribution in [0.3, 0.4) is 0 Å². The van der Waals surface area contributed by atoms with Crippen molar-refractivity contribution >= 4 is 0 Å². The van der Waals surface area contributed by atoms with Gasteiger partial charge >= 0.3 is 0 Å². The Hall–Kier alpha value is -1.94. The number of aromatic nitrogens is 1. The Morgan fingerprint density at radius 2 is 2.00 bits per heavy atom. The molecule has 4 heteroatoms. The van der Waals surface area contributed by atoms with E-state index in [1.807, 2.05) is 0 Å². The van der Waals surface area contributed by atoms with Crippen molar-refractivity contribution in [2.75, 3.05) is 0 Å². The first-order chi connectivity index (χ1) is 8.31. The first-order valence-electron chi connectivity index (χ1n) is 5.30. The second-order valence-electron chi connectivity index (χ2n) is 3.57. The molecule has 1 heterocycles. The molecule has 1 aromatic heterocycles. The molecule has 0 bridgehead atoms. The van der Waals surface area contributed by atoms with Crippen LogP contribution in [-0.2, 0) is 13.2 Å². The molecule has 0 aliphatic carbocycles. The molecule has 3 nitrogen and oxygen atoms in total. The van der Waals surface area contributed by atoms with Gasteiger partial charge in [-0.15, -0.1) is 0 Å². The molecule has 2 N–H and O–H groups in total. The highest BCUT2D eigenvalue weighted by Crippen LogP contribution is 2.18. The fourth-order valence-corrected chi connectivity index (χ4v) is 1.48. The van der Waals surface area contributed by atoms with Crippen molar-refractivity contribution in [3.63, 3.8) is 0 Å². The van der Waals surface area contributed by atoms with E-state index in [-0.39, 0.29) is 12.4 Å². The summed E-state index contributed by atoms with van der Waals surface area (Å²) in [6.07, 6.45) is 3.24. The number of nitrogens with two attached hydrogens (primary N) is 1. The summed E-state index contributed by atoms with van der Waals surface area (Å²) in [5.41, 5.74) is 6.94. The molecule has 17 heavy (non-hydrogen) atoms. The summed E-state index contributed by atoms with van der Waals surface area (Å²) in [5, 5.41) is 0. The van der Waals surface area contributed by atoms with Crippen LogP contribution in [0.2, 0.25) is 0 Å². The Morgan fingerprint density at radius 3 is 2.76 bits per heavy atom. The van der Waals surface area contributed by atoms with Crippen LogP contribution >= 0.6 is 0 Å². The molecular weight excluding hydrogens is 219 g/mol. The Labute approximate surface area is 99.1 Å². The molecule has 1 aromatic carbocycles. The first-order valence-corrected chi connectivity index (χ1v) is 5.30. The van der Waals surface area contributed by atoms with Crippen LogP contribution in [0.15, 0.2) is 42.7 Å². The van der Waals surface area contributed by atoms with E-state index in [2.05, 4.69) is 4.98 Å². The number of rotatable bonds is 4. The number of hydrogen-bond donors (Lipinski definition) is 1. The maximum atomic E-state index is 13.4. The monoisotopic (exact) mass is 232 g/mol. The predicted molar refractivity (Wildman–Crippen MR) is 62.9 cm³/mol. The molecule has 0 aliphatic heterocycles. The quantitative estimate of drug-likeness (QED) is 0.879. The molecule has 2 rings (SSSR count). The molecule has 0 radical (unpaired) electrons. The van der Waals surface area contributed by atoms with Crippen molar-refractivity contribution in [1.82, 2.24) is 4.98 Å². The van der Waals surface area contributed by atoms with Gasteiger partial charge in [-0.2, -0.15) is 0 Å². The zero-order valence-corrected chi connectivity index (χ0v) is 9.27. The molecule has 0 saturated carbocycles. The Bertz CT molecular complexity index is 502. The summed E-state index contributed by atoms with van der Waals surface area (Å²) in [5.74, 6) is 0.323. The molecule has 0 aliphatic rings. The van der Waals surface area contributed by atoms with Gasteiger partial charge in [-0.1, -0.05) is 18.2 Å². The number of benzene rings is 1. The third-order valence-electron chi connectivity index (χ3n) is 2.43. The van der Waals surface area contributed by atoms with Crippen molar-refractivity contribution < 1.29 is 9.13 Å². The minimum atomic E-state index is -0.273. The topological polar surface area (TPSA) is 48.1 Å². The lowest BCUT2D eigenvalue weighted by Crippen LogP contribution is -2.04. The predicted octanol–water partition coefficient (Wildman–Crippen LogP) is 2.26. The van der Waals surface area contributed by atoms with E-state index in [4.69, 9.17) is 10.5 Å². The lowest BCUT2D eigenvalue weighted by molar-refractivity contribution is 0.295. The van der Waals surface area contributed by atoms with Crippen LogP contribution in [-0.4, -0.2) is 4.98 Å².